The fourth-order valence-corrected chi connectivity index (χ4v) is 2.20. The summed E-state index contributed by atoms with van der Waals surface area (Å²) in [5.74, 6) is 0.959. The standard InChI is InChI=1S/C15H16N4/c1-11-3-5-12(6-4-11)14-15-17-9-2-10-19(15)13(18-14)7-8-16/h2-6,9-10H,7-8,16H2,1H3. The van der Waals surface area contributed by atoms with Crippen molar-refractivity contribution >= 4 is 5.65 Å². The first-order valence-corrected chi connectivity index (χ1v) is 6.38. The summed E-state index contributed by atoms with van der Waals surface area (Å²) >= 11 is 0. The molecule has 0 spiro atoms. The van der Waals surface area contributed by atoms with Gasteiger partial charge in [0.1, 0.15) is 11.5 Å². The second-order valence-corrected chi connectivity index (χ2v) is 4.59. The average Bonchev–Trinajstić information content (AvgIpc) is 2.80. The average molecular weight is 252 g/mol. The van der Waals surface area contributed by atoms with Crippen LogP contribution in [-0.2, 0) is 6.42 Å². The molecule has 0 atom stereocenters. The van der Waals surface area contributed by atoms with Crippen molar-refractivity contribution in [2.45, 2.75) is 13.3 Å². The lowest BCUT2D eigenvalue weighted by Gasteiger charge is -1.98. The molecule has 0 aliphatic rings. The monoisotopic (exact) mass is 252 g/mol. The number of fused-ring (bicyclic) bond motifs is 1. The molecule has 3 aromatic rings. The highest BCUT2D eigenvalue weighted by atomic mass is 15.1. The predicted octanol–water partition coefficient (Wildman–Crippen LogP) is 2.21. The van der Waals surface area contributed by atoms with Crippen LogP contribution in [0.3, 0.4) is 0 Å². The van der Waals surface area contributed by atoms with Crippen LogP contribution in [0.5, 0.6) is 0 Å². The van der Waals surface area contributed by atoms with Crippen LogP contribution in [0.1, 0.15) is 11.4 Å². The molecule has 4 heteroatoms. The van der Waals surface area contributed by atoms with Crippen molar-refractivity contribution in [3.63, 3.8) is 0 Å². The van der Waals surface area contributed by atoms with Crippen LogP contribution >= 0.6 is 0 Å². The fraction of sp³-hybridized carbons (Fsp3) is 0.200. The summed E-state index contributed by atoms with van der Waals surface area (Å²) in [6.45, 7) is 2.66. The van der Waals surface area contributed by atoms with Crippen molar-refractivity contribution in [1.29, 1.82) is 0 Å². The molecular weight excluding hydrogens is 236 g/mol. The summed E-state index contributed by atoms with van der Waals surface area (Å²) in [5, 5.41) is 0. The normalized spacial score (nSPS) is 11.1. The third-order valence-electron chi connectivity index (χ3n) is 3.17. The Morgan fingerprint density at radius 3 is 2.74 bits per heavy atom. The Morgan fingerprint density at radius 1 is 1.21 bits per heavy atom. The zero-order valence-electron chi connectivity index (χ0n) is 10.9. The molecule has 19 heavy (non-hydrogen) atoms. The minimum atomic E-state index is 0.585. The van der Waals surface area contributed by atoms with Gasteiger partial charge < -0.3 is 5.73 Å². The molecular formula is C15H16N4. The molecule has 96 valence electrons. The Morgan fingerprint density at radius 2 is 2.00 bits per heavy atom. The molecule has 0 radical (unpaired) electrons. The topological polar surface area (TPSA) is 56.2 Å². The number of benzene rings is 1. The van der Waals surface area contributed by atoms with E-state index in [4.69, 9.17) is 10.7 Å². The second kappa shape index (κ2) is 4.82. The summed E-state index contributed by atoms with van der Waals surface area (Å²) in [6.07, 6.45) is 4.53. The zero-order valence-corrected chi connectivity index (χ0v) is 10.9. The van der Waals surface area contributed by atoms with E-state index in [-0.39, 0.29) is 0 Å². The van der Waals surface area contributed by atoms with Crippen molar-refractivity contribution in [2.75, 3.05) is 6.54 Å². The van der Waals surface area contributed by atoms with E-state index in [1.54, 1.807) is 6.20 Å². The van der Waals surface area contributed by atoms with Gasteiger partial charge in [0.25, 0.3) is 0 Å². The molecule has 0 bridgehead atoms. The van der Waals surface area contributed by atoms with Crippen molar-refractivity contribution < 1.29 is 0 Å². The third-order valence-corrected chi connectivity index (χ3v) is 3.17. The smallest absolute Gasteiger partial charge is 0.164 e. The van der Waals surface area contributed by atoms with Crippen LogP contribution in [0.25, 0.3) is 16.9 Å². The van der Waals surface area contributed by atoms with E-state index in [1.165, 1.54) is 5.56 Å². The largest absolute Gasteiger partial charge is 0.330 e. The van der Waals surface area contributed by atoms with Crippen LogP contribution in [0.15, 0.2) is 42.7 Å². The number of aromatic nitrogens is 3. The molecule has 0 saturated carbocycles. The van der Waals surface area contributed by atoms with Crippen LogP contribution < -0.4 is 5.73 Å². The highest BCUT2D eigenvalue weighted by Crippen LogP contribution is 2.23. The maximum absolute atomic E-state index is 5.65. The molecule has 0 fully saturated rings. The Hall–Kier alpha value is -2.20. The van der Waals surface area contributed by atoms with Crippen LogP contribution in [0, 0.1) is 6.92 Å². The Kier molecular flexibility index (Phi) is 3.01. The van der Waals surface area contributed by atoms with E-state index < -0.39 is 0 Å². The van der Waals surface area contributed by atoms with E-state index in [0.717, 1.165) is 29.1 Å². The summed E-state index contributed by atoms with van der Waals surface area (Å²) in [7, 11) is 0. The van der Waals surface area contributed by atoms with Gasteiger partial charge in [-0.2, -0.15) is 0 Å². The first-order valence-electron chi connectivity index (χ1n) is 6.38. The molecule has 0 saturated heterocycles. The van der Waals surface area contributed by atoms with Gasteiger partial charge in [-0.05, 0) is 19.5 Å². The van der Waals surface area contributed by atoms with Gasteiger partial charge in [0.2, 0.25) is 0 Å². The number of rotatable bonds is 3. The lowest BCUT2D eigenvalue weighted by Crippen LogP contribution is -2.06. The quantitative estimate of drug-likeness (QED) is 0.777. The first-order chi connectivity index (χ1) is 9.29. The third kappa shape index (κ3) is 2.11. The molecule has 2 N–H and O–H groups in total. The van der Waals surface area contributed by atoms with Gasteiger partial charge in [0, 0.05) is 24.4 Å². The molecule has 3 rings (SSSR count). The zero-order chi connectivity index (χ0) is 13.2. The molecule has 2 heterocycles. The van der Waals surface area contributed by atoms with Crippen molar-refractivity contribution in [3.05, 3.63) is 54.1 Å². The SMILES string of the molecule is Cc1ccc(-c2nc(CCN)n3cccnc23)cc1. The number of nitrogens with zero attached hydrogens (tertiary/aromatic N) is 3. The number of nitrogens with two attached hydrogens (primary N) is 1. The summed E-state index contributed by atoms with van der Waals surface area (Å²) in [4.78, 5) is 9.14. The molecule has 0 aliphatic carbocycles. The molecule has 0 unspecified atom stereocenters. The van der Waals surface area contributed by atoms with Gasteiger partial charge in [-0.1, -0.05) is 29.8 Å². The Balaban J connectivity index is 2.20. The maximum atomic E-state index is 5.65. The minimum Gasteiger partial charge on any atom is -0.330 e. The lowest BCUT2D eigenvalue weighted by atomic mass is 10.1. The van der Waals surface area contributed by atoms with Crippen LogP contribution in [0.2, 0.25) is 0 Å². The van der Waals surface area contributed by atoms with E-state index >= 15 is 0 Å². The van der Waals surface area contributed by atoms with E-state index in [2.05, 4.69) is 36.2 Å². The highest BCUT2D eigenvalue weighted by Gasteiger charge is 2.12. The van der Waals surface area contributed by atoms with Crippen molar-refractivity contribution in [2.24, 2.45) is 5.73 Å². The lowest BCUT2D eigenvalue weighted by molar-refractivity contribution is 0.859. The van der Waals surface area contributed by atoms with Crippen LogP contribution in [0.4, 0.5) is 0 Å². The van der Waals surface area contributed by atoms with E-state index in [0.29, 0.717) is 6.54 Å². The van der Waals surface area contributed by atoms with Crippen molar-refractivity contribution in [1.82, 2.24) is 14.4 Å². The minimum absolute atomic E-state index is 0.585. The van der Waals surface area contributed by atoms with E-state index in [9.17, 15) is 0 Å². The molecule has 1 aromatic carbocycles. The van der Waals surface area contributed by atoms with Crippen molar-refractivity contribution in [3.8, 4) is 11.3 Å². The maximum Gasteiger partial charge on any atom is 0.164 e. The number of aryl methyl sites for hydroxylation is 1. The highest BCUT2D eigenvalue weighted by molar-refractivity contribution is 5.74. The molecule has 2 aromatic heterocycles. The van der Waals surface area contributed by atoms with Gasteiger partial charge in [-0.25, -0.2) is 9.97 Å². The van der Waals surface area contributed by atoms with Gasteiger partial charge in [-0.3, -0.25) is 4.40 Å². The number of imidazole rings is 1. The second-order valence-electron chi connectivity index (χ2n) is 4.59. The number of hydrogen-bond acceptors (Lipinski definition) is 3. The molecule has 0 aliphatic heterocycles. The van der Waals surface area contributed by atoms with Gasteiger partial charge in [0.15, 0.2) is 5.65 Å². The molecule has 4 nitrogen and oxygen atoms in total. The Bertz CT molecular complexity index is 698. The van der Waals surface area contributed by atoms with Gasteiger partial charge in [-0.15, -0.1) is 0 Å². The summed E-state index contributed by atoms with van der Waals surface area (Å²) in [5.41, 5.74) is 9.78. The predicted molar refractivity (Wildman–Crippen MR) is 75.9 cm³/mol. The number of hydrogen-bond donors (Lipinski definition) is 1. The summed E-state index contributed by atoms with van der Waals surface area (Å²) < 4.78 is 2.02. The first kappa shape index (κ1) is 11.9. The Labute approximate surface area is 111 Å². The van der Waals surface area contributed by atoms with Crippen LogP contribution in [-0.4, -0.2) is 20.9 Å². The van der Waals surface area contributed by atoms with Gasteiger partial charge >= 0.3 is 0 Å². The van der Waals surface area contributed by atoms with E-state index in [1.807, 2.05) is 16.7 Å². The molecule has 0 amide bonds. The summed E-state index contributed by atoms with van der Waals surface area (Å²) in [6, 6.07) is 10.3. The fourth-order valence-electron chi connectivity index (χ4n) is 2.20. The van der Waals surface area contributed by atoms with Gasteiger partial charge in [0.05, 0.1) is 0 Å².